The van der Waals surface area contributed by atoms with Gasteiger partial charge in [-0.3, -0.25) is 4.79 Å². The first-order chi connectivity index (χ1) is 8.99. The van der Waals surface area contributed by atoms with Gasteiger partial charge < -0.3 is 11.1 Å². The van der Waals surface area contributed by atoms with Crippen LogP contribution in [0.3, 0.4) is 0 Å². The molecular weight excluding hydrogens is 236 g/mol. The zero-order valence-corrected chi connectivity index (χ0v) is 11.4. The van der Waals surface area contributed by atoms with Crippen molar-refractivity contribution in [3.63, 3.8) is 0 Å². The molecule has 2 rings (SSSR count). The molecule has 1 amide bonds. The summed E-state index contributed by atoms with van der Waals surface area (Å²) in [5.41, 5.74) is 10.9. The average molecular weight is 254 g/mol. The third kappa shape index (κ3) is 2.76. The van der Waals surface area contributed by atoms with Crippen LogP contribution in [0, 0.1) is 20.8 Å². The van der Waals surface area contributed by atoms with Gasteiger partial charge in [0.25, 0.3) is 5.91 Å². The summed E-state index contributed by atoms with van der Waals surface area (Å²) in [6.07, 6.45) is 0. The lowest BCUT2D eigenvalue weighted by Gasteiger charge is -2.12. The number of amides is 1. The first-order valence-corrected chi connectivity index (χ1v) is 6.22. The lowest BCUT2D eigenvalue weighted by molar-refractivity contribution is 0.102. The number of nitrogens with two attached hydrogens (primary N) is 1. The summed E-state index contributed by atoms with van der Waals surface area (Å²) in [5, 5.41) is 2.92. The van der Waals surface area contributed by atoms with Crippen LogP contribution >= 0.6 is 0 Å². The van der Waals surface area contributed by atoms with E-state index in [1.54, 1.807) is 12.1 Å². The maximum Gasteiger partial charge on any atom is 0.257 e. The first-order valence-electron chi connectivity index (χ1n) is 6.22. The summed E-state index contributed by atoms with van der Waals surface area (Å²) in [7, 11) is 0. The van der Waals surface area contributed by atoms with Crippen molar-refractivity contribution in [3.05, 3.63) is 58.7 Å². The Labute approximate surface area is 113 Å². The van der Waals surface area contributed by atoms with E-state index in [-0.39, 0.29) is 5.91 Å². The molecule has 19 heavy (non-hydrogen) atoms. The van der Waals surface area contributed by atoms with Gasteiger partial charge in [0.2, 0.25) is 0 Å². The monoisotopic (exact) mass is 254 g/mol. The van der Waals surface area contributed by atoms with Crippen molar-refractivity contribution >= 4 is 17.3 Å². The molecule has 0 radical (unpaired) electrons. The summed E-state index contributed by atoms with van der Waals surface area (Å²) < 4.78 is 0. The Morgan fingerprint density at radius 2 is 1.84 bits per heavy atom. The maximum atomic E-state index is 12.3. The van der Waals surface area contributed by atoms with Gasteiger partial charge in [-0.2, -0.15) is 0 Å². The minimum absolute atomic E-state index is 0.171. The van der Waals surface area contributed by atoms with Crippen LogP contribution in [0.5, 0.6) is 0 Å². The molecule has 2 aromatic rings. The Hall–Kier alpha value is -2.29. The molecule has 0 aliphatic rings. The second kappa shape index (κ2) is 5.14. The van der Waals surface area contributed by atoms with Crippen LogP contribution < -0.4 is 11.1 Å². The molecule has 0 fully saturated rings. The summed E-state index contributed by atoms with van der Waals surface area (Å²) in [6.45, 7) is 5.95. The van der Waals surface area contributed by atoms with E-state index in [2.05, 4.69) is 5.32 Å². The summed E-state index contributed by atoms with van der Waals surface area (Å²) in [6, 6.07) is 11.3. The number of anilines is 2. The lowest BCUT2D eigenvalue weighted by atomic mass is 10.1. The molecule has 0 aliphatic heterocycles. The van der Waals surface area contributed by atoms with E-state index in [1.165, 1.54) is 0 Å². The minimum atomic E-state index is -0.171. The van der Waals surface area contributed by atoms with Crippen molar-refractivity contribution < 1.29 is 4.79 Å². The molecule has 0 saturated heterocycles. The summed E-state index contributed by atoms with van der Waals surface area (Å²) in [4.78, 5) is 12.3. The highest BCUT2D eigenvalue weighted by Crippen LogP contribution is 2.20. The van der Waals surface area contributed by atoms with E-state index in [9.17, 15) is 4.79 Å². The predicted molar refractivity (Wildman–Crippen MR) is 79.5 cm³/mol. The Balaban J connectivity index is 2.31. The van der Waals surface area contributed by atoms with E-state index < -0.39 is 0 Å². The van der Waals surface area contributed by atoms with Gasteiger partial charge >= 0.3 is 0 Å². The number of carbonyl (C=O) groups is 1. The third-order valence-electron chi connectivity index (χ3n) is 3.31. The molecule has 0 aromatic heterocycles. The first kappa shape index (κ1) is 13.1. The molecular formula is C16H18N2O. The predicted octanol–water partition coefficient (Wildman–Crippen LogP) is 3.45. The number of hydrogen-bond acceptors (Lipinski definition) is 2. The number of carbonyl (C=O) groups excluding carboxylic acids is 1. The van der Waals surface area contributed by atoms with E-state index in [1.807, 2.05) is 45.0 Å². The highest BCUT2D eigenvalue weighted by atomic mass is 16.1. The molecule has 98 valence electrons. The van der Waals surface area contributed by atoms with Crippen molar-refractivity contribution in [2.75, 3.05) is 11.1 Å². The molecule has 3 N–H and O–H groups in total. The average Bonchev–Trinajstić information content (AvgIpc) is 2.38. The van der Waals surface area contributed by atoms with Gasteiger partial charge in [-0.15, -0.1) is 0 Å². The molecule has 2 aromatic carbocycles. The highest BCUT2D eigenvalue weighted by Gasteiger charge is 2.11. The van der Waals surface area contributed by atoms with Crippen molar-refractivity contribution in [2.45, 2.75) is 20.8 Å². The number of aryl methyl sites for hydroxylation is 2. The standard InChI is InChI=1S/C16H18N2O/c1-10-7-8-14(17)13(9-10)16(19)18-15-6-4-5-11(2)12(15)3/h4-9H,17H2,1-3H3,(H,18,19). The zero-order valence-electron chi connectivity index (χ0n) is 11.4. The maximum absolute atomic E-state index is 12.3. The van der Waals surface area contributed by atoms with Crippen molar-refractivity contribution in [3.8, 4) is 0 Å². The van der Waals surface area contributed by atoms with Crippen LogP contribution in [0.15, 0.2) is 36.4 Å². The fraction of sp³-hybridized carbons (Fsp3) is 0.188. The number of benzene rings is 2. The Morgan fingerprint density at radius 1 is 1.11 bits per heavy atom. The molecule has 3 heteroatoms. The van der Waals surface area contributed by atoms with Crippen molar-refractivity contribution in [1.29, 1.82) is 0 Å². The van der Waals surface area contributed by atoms with Crippen molar-refractivity contribution in [2.24, 2.45) is 0 Å². The number of nitrogens with one attached hydrogen (secondary N) is 1. The van der Waals surface area contributed by atoms with E-state index in [4.69, 9.17) is 5.73 Å². The van der Waals surface area contributed by atoms with Gasteiger partial charge in [-0.1, -0.05) is 23.8 Å². The smallest absolute Gasteiger partial charge is 0.257 e. The summed E-state index contributed by atoms with van der Waals surface area (Å²) >= 11 is 0. The normalized spacial score (nSPS) is 10.3. The zero-order chi connectivity index (χ0) is 14.0. The second-order valence-electron chi connectivity index (χ2n) is 4.79. The van der Waals surface area contributed by atoms with Gasteiger partial charge in [0.1, 0.15) is 0 Å². The van der Waals surface area contributed by atoms with E-state index in [0.29, 0.717) is 11.3 Å². The molecule has 3 nitrogen and oxygen atoms in total. The van der Waals surface area contributed by atoms with Crippen LogP contribution in [-0.4, -0.2) is 5.91 Å². The van der Waals surface area contributed by atoms with Gasteiger partial charge in [-0.05, 0) is 50.1 Å². The van der Waals surface area contributed by atoms with E-state index in [0.717, 1.165) is 22.4 Å². The number of rotatable bonds is 2. The van der Waals surface area contributed by atoms with Crippen LogP contribution in [0.2, 0.25) is 0 Å². The SMILES string of the molecule is Cc1ccc(N)c(C(=O)Nc2cccc(C)c2C)c1. The summed E-state index contributed by atoms with van der Waals surface area (Å²) in [5.74, 6) is -0.171. The van der Waals surface area contributed by atoms with Crippen LogP contribution in [0.25, 0.3) is 0 Å². The molecule has 0 saturated carbocycles. The fourth-order valence-electron chi connectivity index (χ4n) is 1.94. The Kier molecular flexibility index (Phi) is 3.56. The second-order valence-corrected chi connectivity index (χ2v) is 4.79. The molecule has 0 unspecified atom stereocenters. The topological polar surface area (TPSA) is 55.1 Å². The number of hydrogen-bond donors (Lipinski definition) is 2. The van der Waals surface area contributed by atoms with E-state index >= 15 is 0 Å². The van der Waals surface area contributed by atoms with Crippen LogP contribution in [-0.2, 0) is 0 Å². The van der Waals surface area contributed by atoms with Gasteiger partial charge in [0, 0.05) is 11.4 Å². The van der Waals surface area contributed by atoms with Gasteiger partial charge in [0.15, 0.2) is 0 Å². The van der Waals surface area contributed by atoms with Gasteiger partial charge in [-0.25, -0.2) is 0 Å². The Morgan fingerprint density at radius 3 is 2.58 bits per heavy atom. The fourth-order valence-corrected chi connectivity index (χ4v) is 1.94. The van der Waals surface area contributed by atoms with Crippen LogP contribution in [0.4, 0.5) is 11.4 Å². The third-order valence-corrected chi connectivity index (χ3v) is 3.31. The lowest BCUT2D eigenvalue weighted by Crippen LogP contribution is -2.15. The molecule has 0 spiro atoms. The largest absolute Gasteiger partial charge is 0.398 e. The molecule has 0 aliphatic carbocycles. The quantitative estimate of drug-likeness (QED) is 0.806. The Bertz CT molecular complexity index is 633. The van der Waals surface area contributed by atoms with Gasteiger partial charge in [0.05, 0.1) is 5.56 Å². The molecule has 0 heterocycles. The molecule has 0 bridgehead atoms. The minimum Gasteiger partial charge on any atom is -0.398 e. The van der Waals surface area contributed by atoms with Crippen LogP contribution in [0.1, 0.15) is 27.0 Å². The molecule has 0 atom stereocenters. The van der Waals surface area contributed by atoms with Crippen molar-refractivity contribution in [1.82, 2.24) is 0 Å². The highest BCUT2D eigenvalue weighted by molar-refractivity contribution is 6.08. The number of nitrogen functional groups attached to an aromatic ring is 1.